The van der Waals surface area contributed by atoms with Crippen molar-refractivity contribution in [2.45, 2.75) is 63.2 Å². The van der Waals surface area contributed by atoms with Crippen LogP contribution in [0.2, 0.25) is 0 Å². The Hall–Kier alpha value is -4.30. The number of hydrogen-bond donors (Lipinski definition) is 9. The Morgan fingerprint density at radius 1 is 0.886 bits per heavy atom. The predicted octanol–water partition coefficient (Wildman–Crippen LogP) is 0.216. The van der Waals surface area contributed by atoms with Gasteiger partial charge in [-0.3, -0.25) is 24.0 Å². The Balaban J connectivity index is 1.67. The average Bonchev–Trinajstić information content (AvgIpc) is 3.53. The molecule has 0 aliphatic carbocycles. The van der Waals surface area contributed by atoms with E-state index < -0.39 is 47.7 Å². The molecule has 0 saturated carbocycles. The highest BCUT2D eigenvalue weighted by molar-refractivity contribution is 7.80. The molecule has 13 nitrogen and oxygen atoms in total. The van der Waals surface area contributed by atoms with E-state index in [0.29, 0.717) is 26.1 Å². The number of thiol groups is 1. The van der Waals surface area contributed by atoms with Crippen LogP contribution in [0.1, 0.15) is 44.1 Å². The lowest BCUT2D eigenvalue weighted by Crippen LogP contribution is -2.57. The molecule has 3 atom stereocenters. The summed E-state index contributed by atoms with van der Waals surface area (Å²) in [6.07, 6.45) is 2.62. The van der Waals surface area contributed by atoms with Crippen molar-refractivity contribution in [3.05, 3.63) is 59.9 Å². The van der Waals surface area contributed by atoms with Crippen molar-refractivity contribution in [2.24, 2.45) is 5.73 Å². The van der Waals surface area contributed by atoms with Gasteiger partial charge in [-0.2, -0.15) is 12.6 Å². The zero-order valence-electron chi connectivity index (χ0n) is 24.4. The first-order valence-corrected chi connectivity index (χ1v) is 15.2. The second kappa shape index (κ2) is 17.7. The third kappa shape index (κ3) is 10.8. The number of nitrogens with one attached hydrogen (secondary N) is 6. The van der Waals surface area contributed by atoms with Gasteiger partial charge in [0.2, 0.25) is 23.6 Å². The number of carbonyl (C=O) groups excluding carboxylic acids is 4. The minimum absolute atomic E-state index is 0.0765. The minimum atomic E-state index is -1.13. The zero-order valence-corrected chi connectivity index (χ0v) is 25.3. The molecule has 2 aromatic carbocycles. The van der Waals surface area contributed by atoms with E-state index in [-0.39, 0.29) is 38.0 Å². The third-order valence-corrected chi connectivity index (χ3v) is 7.43. The lowest BCUT2D eigenvalue weighted by Gasteiger charge is -2.25. The number of benzene rings is 2. The Morgan fingerprint density at radius 3 is 2.32 bits per heavy atom. The summed E-state index contributed by atoms with van der Waals surface area (Å²) in [4.78, 5) is 63.0. The lowest BCUT2D eigenvalue weighted by molar-refractivity contribution is -0.139. The average molecular weight is 628 g/mol. The number of aliphatic carboxylic acids is 1. The summed E-state index contributed by atoms with van der Waals surface area (Å²) in [5, 5.41) is 27.9. The fraction of sp³-hybridized carbons (Fsp3) is 0.433. The van der Waals surface area contributed by atoms with Crippen LogP contribution in [-0.4, -0.2) is 71.8 Å². The first-order valence-electron chi connectivity index (χ1n) is 14.5. The summed E-state index contributed by atoms with van der Waals surface area (Å²) >= 11 is 4.24. The maximum atomic E-state index is 13.4. The molecule has 1 aliphatic heterocycles. The molecule has 238 valence electrons. The number of unbranched alkanes of at least 4 members (excludes halogenated alkanes) is 1. The van der Waals surface area contributed by atoms with E-state index in [2.05, 4.69) is 44.5 Å². The molecule has 1 unspecified atom stereocenters. The lowest BCUT2D eigenvalue weighted by atomic mass is 10.0. The highest BCUT2D eigenvalue weighted by atomic mass is 32.1. The van der Waals surface area contributed by atoms with Gasteiger partial charge in [-0.1, -0.05) is 42.5 Å². The van der Waals surface area contributed by atoms with E-state index in [4.69, 9.17) is 10.8 Å². The molecule has 0 fully saturated rings. The molecule has 3 rings (SSSR count). The van der Waals surface area contributed by atoms with Gasteiger partial charge in [0.15, 0.2) is 0 Å². The van der Waals surface area contributed by atoms with Crippen molar-refractivity contribution in [3.63, 3.8) is 0 Å². The predicted molar refractivity (Wildman–Crippen MR) is 169 cm³/mol. The third-order valence-electron chi connectivity index (χ3n) is 7.06. The van der Waals surface area contributed by atoms with Gasteiger partial charge in [-0.25, -0.2) is 0 Å². The first-order chi connectivity index (χ1) is 21.2. The fourth-order valence-corrected chi connectivity index (χ4v) is 4.95. The molecular weight excluding hydrogens is 586 g/mol. The Kier molecular flexibility index (Phi) is 13.8. The topological polar surface area (TPSA) is 204 Å². The van der Waals surface area contributed by atoms with Gasteiger partial charge in [-0.05, 0) is 42.1 Å². The van der Waals surface area contributed by atoms with Crippen LogP contribution in [0, 0.1) is 0 Å². The molecule has 0 spiro atoms. The van der Waals surface area contributed by atoms with Gasteiger partial charge in [0, 0.05) is 37.0 Å². The Bertz CT molecular complexity index is 1350. The second-order valence-electron chi connectivity index (χ2n) is 10.4. The van der Waals surface area contributed by atoms with Crippen LogP contribution in [0.4, 0.5) is 0 Å². The number of carboxylic acids is 1. The van der Waals surface area contributed by atoms with Crippen LogP contribution in [0.5, 0.6) is 0 Å². The molecule has 0 saturated heterocycles. The maximum absolute atomic E-state index is 13.4. The summed E-state index contributed by atoms with van der Waals surface area (Å²) in [6, 6.07) is 10.6. The summed E-state index contributed by atoms with van der Waals surface area (Å²) in [6.45, 7) is 1.14. The number of hydrogen-bond acceptors (Lipinski definition) is 9. The van der Waals surface area contributed by atoms with Crippen LogP contribution in [0.25, 0.3) is 10.8 Å². The maximum Gasteiger partial charge on any atom is 0.303 e. The van der Waals surface area contributed by atoms with E-state index >= 15 is 0 Å². The monoisotopic (exact) mass is 627 g/mol. The van der Waals surface area contributed by atoms with Gasteiger partial charge in [0.25, 0.3) is 0 Å². The molecule has 4 amide bonds. The summed E-state index contributed by atoms with van der Waals surface area (Å²) in [5.74, 6) is -3.46. The summed E-state index contributed by atoms with van der Waals surface area (Å²) in [7, 11) is 0. The van der Waals surface area contributed by atoms with Crippen LogP contribution >= 0.6 is 12.6 Å². The largest absolute Gasteiger partial charge is 0.481 e. The SMILES string of the molecule is NCCCC[C@H](NC(=O)CCC(=O)O)C(=O)NC(CS)C(=O)N[C@@H](CC1=CNCN1)C(=O)NCc1cccc2ccccc12. The smallest absolute Gasteiger partial charge is 0.303 e. The second-order valence-corrected chi connectivity index (χ2v) is 10.8. The zero-order chi connectivity index (χ0) is 31.9. The Morgan fingerprint density at radius 2 is 1.61 bits per heavy atom. The van der Waals surface area contributed by atoms with Gasteiger partial charge >= 0.3 is 5.97 Å². The molecule has 0 bridgehead atoms. The standard InChI is InChI=1S/C30H41N7O6S/c31-13-4-3-10-23(35-26(38)11-12-27(39)40)29(42)37-25(17-44)30(43)36-24(14-21-16-32-18-34-21)28(41)33-15-20-8-5-7-19-6-1-2-9-22(19)20/h1-2,5-9,16,23-25,32,34,44H,3-4,10-15,17-18,31H2,(H,33,41)(H,35,38)(H,36,43)(H,37,42)(H,39,40)/t23-,24-,25?/m0/s1. The molecule has 0 aromatic heterocycles. The van der Waals surface area contributed by atoms with E-state index in [9.17, 15) is 24.0 Å². The first kappa shape index (κ1) is 34.2. The summed E-state index contributed by atoms with van der Waals surface area (Å²) in [5.41, 5.74) is 7.21. The van der Waals surface area contributed by atoms with E-state index in [0.717, 1.165) is 22.0 Å². The molecule has 1 aliphatic rings. The molecule has 0 radical (unpaired) electrons. The van der Waals surface area contributed by atoms with Crippen LogP contribution in [-0.2, 0) is 30.5 Å². The van der Waals surface area contributed by atoms with Crippen molar-refractivity contribution in [1.29, 1.82) is 0 Å². The van der Waals surface area contributed by atoms with Crippen molar-refractivity contribution in [3.8, 4) is 0 Å². The Labute approximate surface area is 261 Å². The van der Waals surface area contributed by atoms with Gasteiger partial charge < -0.3 is 42.7 Å². The number of amides is 4. The number of nitrogens with two attached hydrogens (primary N) is 1. The number of fused-ring (bicyclic) bond motifs is 1. The molecule has 9 N–H and O–H groups in total. The van der Waals surface area contributed by atoms with Gasteiger partial charge in [0.1, 0.15) is 18.1 Å². The van der Waals surface area contributed by atoms with Crippen LogP contribution in [0.15, 0.2) is 54.4 Å². The van der Waals surface area contributed by atoms with Crippen molar-refractivity contribution in [2.75, 3.05) is 19.0 Å². The quantitative estimate of drug-likeness (QED) is 0.0818. The fourth-order valence-electron chi connectivity index (χ4n) is 4.69. The highest BCUT2D eigenvalue weighted by Crippen LogP contribution is 2.18. The number of rotatable bonds is 18. The van der Waals surface area contributed by atoms with E-state index in [1.54, 1.807) is 6.20 Å². The number of carboxylic acid groups (broad SMARTS) is 1. The van der Waals surface area contributed by atoms with Gasteiger partial charge in [-0.15, -0.1) is 0 Å². The van der Waals surface area contributed by atoms with Crippen molar-refractivity contribution < 1.29 is 29.1 Å². The van der Waals surface area contributed by atoms with Crippen LogP contribution < -0.4 is 37.6 Å². The normalized spacial score (nSPS) is 14.3. The van der Waals surface area contributed by atoms with Crippen molar-refractivity contribution in [1.82, 2.24) is 31.9 Å². The van der Waals surface area contributed by atoms with Crippen molar-refractivity contribution >= 4 is 53.0 Å². The molecular formula is C30H41N7O6S. The molecule has 14 heteroatoms. The highest BCUT2D eigenvalue weighted by Gasteiger charge is 2.30. The molecule has 2 aromatic rings. The van der Waals surface area contributed by atoms with E-state index in [1.165, 1.54) is 0 Å². The van der Waals surface area contributed by atoms with E-state index in [1.807, 2.05) is 42.5 Å². The molecule has 44 heavy (non-hydrogen) atoms. The minimum Gasteiger partial charge on any atom is -0.481 e. The number of carbonyl (C=O) groups is 5. The van der Waals surface area contributed by atoms with Gasteiger partial charge in [0.05, 0.1) is 13.1 Å². The van der Waals surface area contributed by atoms with Crippen LogP contribution in [0.3, 0.4) is 0 Å². The molecule has 1 heterocycles. The summed E-state index contributed by atoms with van der Waals surface area (Å²) < 4.78 is 0.